The third kappa shape index (κ3) is 2.23. The number of rotatable bonds is 4. The molecule has 20 heavy (non-hydrogen) atoms. The molecular weight excluding hydrogens is 294 g/mol. The standard InChI is InChI=1S/C13H16ClN5S/c1-8-12-13(18(3)17-8)19(11(6-14)16-12)5-4-10-7-20-9(2)15-10/h7H,4-6H2,1-3H3. The number of nitrogens with zero attached hydrogens (tertiary/aromatic N) is 5. The molecule has 0 spiro atoms. The maximum absolute atomic E-state index is 6.02. The third-order valence-corrected chi connectivity index (χ3v) is 4.41. The van der Waals surface area contributed by atoms with Crippen LogP contribution in [-0.2, 0) is 25.9 Å². The van der Waals surface area contributed by atoms with Gasteiger partial charge in [0.25, 0.3) is 0 Å². The van der Waals surface area contributed by atoms with E-state index < -0.39 is 0 Å². The summed E-state index contributed by atoms with van der Waals surface area (Å²) >= 11 is 7.71. The van der Waals surface area contributed by atoms with Crippen LogP contribution >= 0.6 is 22.9 Å². The van der Waals surface area contributed by atoms with E-state index in [2.05, 4.69) is 25.0 Å². The zero-order valence-corrected chi connectivity index (χ0v) is 13.3. The van der Waals surface area contributed by atoms with Gasteiger partial charge >= 0.3 is 0 Å². The number of aromatic nitrogens is 5. The Bertz CT molecular complexity index is 754. The maximum atomic E-state index is 6.02. The van der Waals surface area contributed by atoms with Gasteiger partial charge < -0.3 is 4.57 Å². The maximum Gasteiger partial charge on any atom is 0.158 e. The zero-order valence-electron chi connectivity index (χ0n) is 11.7. The fourth-order valence-electron chi connectivity index (χ4n) is 2.47. The van der Waals surface area contributed by atoms with Crippen molar-refractivity contribution in [3.05, 3.63) is 27.6 Å². The number of aryl methyl sites for hydroxylation is 5. The molecule has 0 amide bonds. The number of hydrogen-bond donors (Lipinski definition) is 0. The summed E-state index contributed by atoms with van der Waals surface area (Å²) in [5.41, 5.74) is 4.04. The summed E-state index contributed by atoms with van der Waals surface area (Å²) in [5, 5.41) is 7.63. The van der Waals surface area contributed by atoms with Crippen LogP contribution in [0.15, 0.2) is 5.38 Å². The fraction of sp³-hybridized carbons (Fsp3) is 0.462. The third-order valence-electron chi connectivity index (χ3n) is 3.35. The Hall–Kier alpha value is -1.40. The largest absolute Gasteiger partial charge is 0.311 e. The van der Waals surface area contributed by atoms with E-state index in [0.29, 0.717) is 5.88 Å². The summed E-state index contributed by atoms with van der Waals surface area (Å²) in [7, 11) is 1.94. The highest BCUT2D eigenvalue weighted by Gasteiger charge is 2.16. The average Bonchev–Trinajstić information content (AvgIpc) is 3.05. The molecule has 0 saturated carbocycles. The fourth-order valence-corrected chi connectivity index (χ4v) is 3.32. The van der Waals surface area contributed by atoms with E-state index in [-0.39, 0.29) is 0 Å². The number of alkyl halides is 1. The van der Waals surface area contributed by atoms with Crippen LogP contribution in [0.3, 0.4) is 0 Å². The highest BCUT2D eigenvalue weighted by Crippen LogP contribution is 2.21. The predicted molar refractivity (Wildman–Crippen MR) is 81.3 cm³/mol. The van der Waals surface area contributed by atoms with Gasteiger partial charge in [0.2, 0.25) is 0 Å². The highest BCUT2D eigenvalue weighted by molar-refractivity contribution is 7.09. The molecule has 106 valence electrons. The first-order valence-electron chi connectivity index (χ1n) is 6.46. The van der Waals surface area contributed by atoms with Crippen molar-refractivity contribution in [2.75, 3.05) is 0 Å². The minimum Gasteiger partial charge on any atom is -0.311 e. The van der Waals surface area contributed by atoms with E-state index in [4.69, 9.17) is 11.6 Å². The van der Waals surface area contributed by atoms with E-state index >= 15 is 0 Å². The van der Waals surface area contributed by atoms with Gasteiger partial charge in [0.15, 0.2) is 5.65 Å². The van der Waals surface area contributed by atoms with Crippen molar-refractivity contribution in [1.82, 2.24) is 24.3 Å². The van der Waals surface area contributed by atoms with Gasteiger partial charge in [-0.3, -0.25) is 4.68 Å². The minimum absolute atomic E-state index is 0.407. The molecule has 3 rings (SSSR count). The van der Waals surface area contributed by atoms with Gasteiger partial charge in [-0.15, -0.1) is 22.9 Å². The van der Waals surface area contributed by atoms with Gasteiger partial charge in [-0.25, -0.2) is 9.97 Å². The van der Waals surface area contributed by atoms with E-state index in [1.807, 2.05) is 25.6 Å². The SMILES string of the molecule is Cc1nc(CCn2c(CCl)nc3c(C)nn(C)c32)cs1. The first-order chi connectivity index (χ1) is 9.60. The lowest BCUT2D eigenvalue weighted by Crippen LogP contribution is -2.08. The molecule has 0 bridgehead atoms. The quantitative estimate of drug-likeness (QED) is 0.696. The van der Waals surface area contributed by atoms with Crippen LogP contribution in [0.25, 0.3) is 11.2 Å². The molecule has 0 aromatic carbocycles. The summed E-state index contributed by atoms with van der Waals surface area (Å²) in [6.07, 6.45) is 0.879. The Morgan fingerprint density at radius 3 is 2.75 bits per heavy atom. The summed E-state index contributed by atoms with van der Waals surface area (Å²) < 4.78 is 4.02. The molecule has 3 aromatic rings. The molecule has 0 aliphatic heterocycles. The van der Waals surface area contributed by atoms with E-state index in [1.165, 1.54) is 0 Å². The Morgan fingerprint density at radius 1 is 1.30 bits per heavy atom. The van der Waals surface area contributed by atoms with E-state index in [0.717, 1.165) is 46.3 Å². The Labute approximate surface area is 126 Å². The lowest BCUT2D eigenvalue weighted by atomic mass is 10.3. The van der Waals surface area contributed by atoms with Gasteiger partial charge in [0, 0.05) is 25.4 Å². The van der Waals surface area contributed by atoms with Gasteiger partial charge in [0.05, 0.1) is 22.3 Å². The monoisotopic (exact) mass is 309 g/mol. The number of halogens is 1. The smallest absolute Gasteiger partial charge is 0.158 e. The van der Waals surface area contributed by atoms with Crippen LogP contribution in [-0.4, -0.2) is 24.3 Å². The molecule has 0 radical (unpaired) electrons. The van der Waals surface area contributed by atoms with Crippen molar-refractivity contribution < 1.29 is 0 Å². The average molecular weight is 310 g/mol. The van der Waals surface area contributed by atoms with E-state index in [9.17, 15) is 0 Å². The van der Waals surface area contributed by atoms with E-state index in [1.54, 1.807) is 11.3 Å². The Balaban J connectivity index is 1.96. The second-order valence-corrected chi connectivity index (χ2v) is 6.13. The second kappa shape index (κ2) is 5.18. The van der Waals surface area contributed by atoms with Crippen molar-refractivity contribution in [2.24, 2.45) is 7.05 Å². The van der Waals surface area contributed by atoms with Crippen molar-refractivity contribution in [3.8, 4) is 0 Å². The van der Waals surface area contributed by atoms with Gasteiger partial charge in [0.1, 0.15) is 11.3 Å². The lowest BCUT2D eigenvalue weighted by Gasteiger charge is -2.07. The summed E-state index contributed by atoms with van der Waals surface area (Å²) in [6.45, 7) is 4.82. The van der Waals surface area contributed by atoms with Gasteiger partial charge in [-0.2, -0.15) is 5.10 Å². The topological polar surface area (TPSA) is 48.5 Å². The van der Waals surface area contributed by atoms with Crippen molar-refractivity contribution in [2.45, 2.75) is 32.7 Å². The molecule has 7 heteroatoms. The molecule has 0 atom stereocenters. The van der Waals surface area contributed by atoms with Crippen molar-refractivity contribution >= 4 is 34.1 Å². The molecular formula is C13H16ClN5S. The van der Waals surface area contributed by atoms with Crippen LogP contribution in [0.2, 0.25) is 0 Å². The number of imidazole rings is 1. The van der Waals surface area contributed by atoms with Crippen molar-refractivity contribution in [1.29, 1.82) is 0 Å². The summed E-state index contributed by atoms with van der Waals surface area (Å²) in [5.74, 6) is 1.30. The number of thiazole rings is 1. The van der Waals surface area contributed by atoms with Crippen LogP contribution < -0.4 is 0 Å². The minimum atomic E-state index is 0.407. The van der Waals surface area contributed by atoms with Gasteiger partial charge in [-0.05, 0) is 13.8 Å². The normalized spacial score (nSPS) is 11.6. The van der Waals surface area contributed by atoms with Gasteiger partial charge in [-0.1, -0.05) is 0 Å². The van der Waals surface area contributed by atoms with Crippen molar-refractivity contribution in [3.63, 3.8) is 0 Å². The number of fused-ring (bicyclic) bond motifs is 1. The van der Waals surface area contributed by atoms with Crippen LogP contribution in [0.4, 0.5) is 0 Å². The Kier molecular flexibility index (Phi) is 3.52. The molecule has 0 unspecified atom stereocenters. The second-order valence-electron chi connectivity index (χ2n) is 4.80. The number of hydrogen-bond acceptors (Lipinski definition) is 4. The molecule has 3 aromatic heterocycles. The lowest BCUT2D eigenvalue weighted by molar-refractivity contribution is 0.646. The molecule has 3 heterocycles. The van der Waals surface area contributed by atoms with Crippen LogP contribution in [0.5, 0.6) is 0 Å². The first-order valence-corrected chi connectivity index (χ1v) is 7.87. The van der Waals surface area contributed by atoms with Crippen LogP contribution in [0, 0.1) is 13.8 Å². The molecule has 0 aliphatic rings. The molecule has 0 N–H and O–H groups in total. The first kappa shape index (κ1) is 13.6. The van der Waals surface area contributed by atoms with Crippen LogP contribution in [0.1, 0.15) is 22.2 Å². The predicted octanol–water partition coefficient (Wildman–Crippen LogP) is 2.82. The zero-order chi connectivity index (χ0) is 14.3. The summed E-state index contributed by atoms with van der Waals surface area (Å²) in [6, 6.07) is 0. The Morgan fingerprint density at radius 2 is 2.10 bits per heavy atom. The molecule has 5 nitrogen and oxygen atoms in total. The highest BCUT2D eigenvalue weighted by atomic mass is 35.5. The summed E-state index contributed by atoms with van der Waals surface area (Å²) in [4.78, 5) is 9.10. The molecule has 0 saturated heterocycles. The molecule has 0 fully saturated rings. The molecule has 0 aliphatic carbocycles.